The Balaban J connectivity index is 1.54. The Bertz CT molecular complexity index is 815. The van der Waals surface area contributed by atoms with E-state index in [2.05, 4.69) is 22.0 Å². The van der Waals surface area contributed by atoms with E-state index in [4.69, 9.17) is 0 Å². The van der Waals surface area contributed by atoms with E-state index in [0.717, 1.165) is 25.2 Å². The lowest BCUT2D eigenvalue weighted by molar-refractivity contribution is 0.0782. The molecule has 1 aromatic carbocycles. The van der Waals surface area contributed by atoms with Crippen LogP contribution in [-0.2, 0) is 0 Å². The summed E-state index contributed by atoms with van der Waals surface area (Å²) in [4.78, 5) is 31.8. The summed E-state index contributed by atoms with van der Waals surface area (Å²) in [5, 5.41) is 0. The number of hydrogen-bond donors (Lipinski definition) is 1. The minimum atomic E-state index is -0.294. The number of carbonyl (C=O) groups is 1. The lowest BCUT2D eigenvalue weighted by Gasteiger charge is -2.26. The first-order valence-electron chi connectivity index (χ1n) is 8.44. The van der Waals surface area contributed by atoms with Gasteiger partial charge >= 0.3 is 0 Å². The summed E-state index contributed by atoms with van der Waals surface area (Å²) in [6.45, 7) is 4.27. The first-order valence-corrected chi connectivity index (χ1v) is 8.44. The fourth-order valence-corrected chi connectivity index (χ4v) is 3.98. The Morgan fingerprint density at radius 1 is 1.12 bits per heavy atom. The fraction of sp³-hybridized carbons (Fsp3) is 0.368. The topological polar surface area (TPSA) is 56.4 Å². The highest BCUT2D eigenvalue weighted by molar-refractivity contribution is 5.94. The Hall–Kier alpha value is -2.56. The van der Waals surface area contributed by atoms with Gasteiger partial charge < -0.3 is 14.8 Å². The molecule has 0 unspecified atom stereocenters. The van der Waals surface area contributed by atoms with Gasteiger partial charge in [-0.3, -0.25) is 9.59 Å². The largest absolute Gasteiger partial charge is 0.366 e. The van der Waals surface area contributed by atoms with Crippen LogP contribution in [0.25, 0.3) is 0 Å². The molecule has 124 valence electrons. The molecule has 24 heavy (non-hydrogen) atoms. The van der Waals surface area contributed by atoms with E-state index in [1.54, 1.807) is 12.1 Å². The number of para-hydroxylation sites is 1. The second kappa shape index (κ2) is 5.82. The lowest BCUT2D eigenvalue weighted by atomic mass is 10.1. The summed E-state index contributed by atoms with van der Waals surface area (Å²) in [7, 11) is 0. The van der Waals surface area contributed by atoms with Crippen molar-refractivity contribution in [3.8, 4) is 0 Å². The molecule has 2 aromatic rings. The van der Waals surface area contributed by atoms with Crippen LogP contribution in [-0.4, -0.2) is 41.5 Å². The summed E-state index contributed by atoms with van der Waals surface area (Å²) >= 11 is 0. The van der Waals surface area contributed by atoms with Crippen molar-refractivity contribution in [3.05, 3.63) is 64.1 Å². The quantitative estimate of drug-likeness (QED) is 0.920. The van der Waals surface area contributed by atoms with Crippen LogP contribution in [0.1, 0.15) is 22.5 Å². The van der Waals surface area contributed by atoms with Crippen molar-refractivity contribution in [2.75, 3.05) is 24.5 Å². The van der Waals surface area contributed by atoms with Gasteiger partial charge in [0.1, 0.15) is 5.56 Å². The molecule has 0 aliphatic carbocycles. The number of nitrogens with zero attached hydrogens (tertiary/aromatic N) is 2. The summed E-state index contributed by atoms with van der Waals surface area (Å²) in [6, 6.07) is 14.1. The van der Waals surface area contributed by atoms with Crippen LogP contribution in [0.5, 0.6) is 0 Å². The SMILES string of the molecule is Cc1ccc(C(=O)N2C[C@H]3CCN(c4ccccc4)[C@H]3C2)c(=O)[nH]1. The highest BCUT2D eigenvalue weighted by Gasteiger charge is 2.43. The molecule has 2 fully saturated rings. The number of rotatable bonds is 2. The number of anilines is 1. The molecule has 0 saturated carbocycles. The zero-order valence-electron chi connectivity index (χ0n) is 13.7. The van der Waals surface area contributed by atoms with Crippen LogP contribution in [0.3, 0.4) is 0 Å². The number of benzene rings is 1. The predicted molar refractivity (Wildman–Crippen MR) is 93.4 cm³/mol. The van der Waals surface area contributed by atoms with Crippen molar-refractivity contribution in [2.45, 2.75) is 19.4 Å². The van der Waals surface area contributed by atoms with Crippen LogP contribution in [0, 0.1) is 12.8 Å². The maximum atomic E-state index is 12.7. The molecule has 4 rings (SSSR count). The molecule has 1 aromatic heterocycles. The molecule has 2 atom stereocenters. The molecule has 1 amide bonds. The number of H-pyrrole nitrogens is 1. The van der Waals surface area contributed by atoms with E-state index in [-0.39, 0.29) is 17.0 Å². The van der Waals surface area contributed by atoms with E-state index >= 15 is 0 Å². The van der Waals surface area contributed by atoms with E-state index in [9.17, 15) is 9.59 Å². The van der Waals surface area contributed by atoms with Gasteiger partial charge in [-0.15, -0.1) is 0 Å². The van der Waals surface area contributed by atoms with Crippen molar-refractivity contribution in [1.82, 2.24) is 9.88 Å². The first kappa shape index (κ1) is 15.0. The molecule has 2 aliphatic rings. The minimum Gasteiger partial charge on any atom is -0.366 e. The molecule has 1 N–H and O–H groups in total. The van der Waals surface area contributed by atoms with Gasteiger partial charge in [0.15, 0.2) is 0 Å². The van der Waals surface area contributed by atoms with Crippen molar-refractivity contribution >= 4 is 11.6 Å². The molecule has 5 heteroatoms. The summed E-state index contributed by atoms with van der Waals surface area (Å²) in [5.74, 6) is 0.331. The number of amides is 1. The third kappa shape index (κ3) is 2.50. The van der Waals surface area contributed by atoms with Crippen molar-refractivity contribution in [2.24, 2.45) is 5.92 Å². The molecule has 0 spiro atoms. The molecule has 5 nitrogen and oxygen atoms in total. The third-order valence-electron chi connectivity index (χ3n) is 5.21. The summed E-state index contributed by atoms with van der Waals surface area (Å²) < 4.78 is 0. The molecule has 2 saturated heterocycles. The maximum absolute atomic E-state index is 12.7. The van der Waals surface area contributed by atoms with Crippen LogP contribution in [0.2, 0.25) is 0 Å². The molecule has 3 heterocycles. The molecular weight excluding hydrogens is 302 g/mol. The average Bonchev–Trinajstić information content (AvgIpc) is 3.15. The van der Waals surface area contributed by atoms with E-state index in [1.807, 2.05) is 30.0 Å². The number of aromatic amines is 1. The van der Waals surface area contributed by atoms with E-state index in [1.165, 1.54) is 5.69 Å². The fourth-order valence-electron chi connectivity index (χ4n) is 3.98. The minimum absolute atomic E-state index is 0.154. The van der Waals surface area contributed by atoms with Crippen LogP contribution < -0.4 is 10.5 Å². The molecule has 0 radical (unpaired) electrons. The Kier molecular flexibility index (Phi) is 3.63. The van der Waals surface area contributed by atoms with E-state index in [0.29, 0.717) is 18.5 Å². The first-order chi connectivity index (χ1) is 11.6. The Morgan fingerprint density at radius 3 is 2.67 bits per heavy atom. The summed E-state index contributed by atoms with van der Waals surface area (Å²) in [6.07, 6.45) is 1.09. The Labute approximate surface area is 140 Å². The standard InChI is InChI=1S/C19H21N3O2/c1-13-7-8-16(18(23)20-13)19(24)21-11-14-9-10-22(17(14)12-21)15-5-3-2-4-6-15/h2-8,14,17H,9-12H2,1H3,(H,20,23)/t14-,17+/m1/s1. The third-order valence-corrected chi connectivity index (χ3v) is 5.21. The second-order valence-corrected chi connectivity index (χ2v) is 6.74. The number of fused-ring (bicyclic) bond motifs is 1. The van der Waals surface area contributed by atoms with Crippen molar-refractivity contribution in [3.63, 3.8) is 0 Å². The number of likely N-dealkylation sites (tertiary alicyclic amines) is 1. The van der Waals surface area contributed by atoms with Gasteiger partial charge in [0.2, 0.25) is 0 Å². The lowest BCUT2D eigenvalue weighted by Crippen LogP contribution is -2.38. The predicted octanol–water partition coefficient (Wildman–Crippen LogP) is 2.03. The van der Waals surface area contributed by atoms with Gasteiger partial charge in [0, 0.05) is 36.9 Å². The molecule has 0 bridgehead atoms. The zero-order valence-corrected chi connectivity index (χ0v) is 13.7. The van der Waals surface area contributed by atoms with Gasteiger partial charge in [-0.2, -0.15) is 0 Å². The van der Waals surface area contributed by atoms with Crippen molar-refractivity contribution < 1.29 is 4.79 Å². The molecule has 2 aliphatic heterocycles. The second-order valence-electron chi connectivity index (χ2n) is 6.74. The van der Waals surface area contributed by atoms with Crippen LogP contribution in [0.4, 0.5) is 5.69 Å². The monoisotopic (exact) mass is 323 g/mol. The summed E-state index contributed by atoms with van der Waals surface area (Å²) in [5.41, 5.74) is 1.93. The number of nitrogens with one attached hydrogen (secondary N) is 1. The van der Waals surface area contributed by atoms with Gasteiger partial charge in [0.25, 0.3) is 11.5 Å². The number of aromatic nitrogens is 1. The van der Waals surface area contributed by atoms with Gasteiger partial charge in [-0.1, -0.05) is 18.2 Å². The highest BCUT2D eigenvalue weighted by Crippen LogP contribution is 2.35. The molecular formula is C19H21N3O2. The zero-order chi connectivity index (χ0) is 16.7. The van der Waals surface area contributed by atoms with Gasteiger partial charge in [-0.25, -0.2) is 0 Å². The van der Waals surface area contributed by atoms with Crippen LogP contribution in [0.15, 0.2) is 47.3 Å². The smallest absolute Gasteiger partial charge is 0.260 e. The van der Waals surface area contributed by atoms with Crippen molar-refractivity contribution in [1.29, 1.82) is 0 Å². The maximum Gasteiger partial charge on any atom is 0.260 e. The van der Waals surface area contributed by atoms with Gasteiger partial charge in [-0.05, 0) is 37.6 Å². The normalized spacial score (nSPS) is 22.7. The number of carbonyl (C=O) groups excluding carboxylic acids is 1. The number of aryl methyl sites for hydroxylation is 1. The van der Waals surface area contributed by atoms with Gasteiger partial charge in [0.05, 0.1) is 6.04 Å². The highest BCUT2D eigenvalue weighted by atomic mass is 16.2. The Morgan fingerprint density at radius 2 is 1.92 bits per heavy atom. The van der Waals surface area contributed by atoms with E-state index < -0.39 is 0 Å². The van der Waals surface area contributed by atoms with Crippen LogP contribution >= 0.6 is 0 Å². The average molecular weight is 323 g/mol. The number of hydrogen-bond acceptors (Lipinski definition) is 3. The number of pyridine rings is 1.